The Morgan fingerprint density at radius 1 is 1.00 bits per heavy atom. The van der Waals surface area contributed by atoms with Crippen molar-refractivity contribution in [3.8, 4) is 28.8 Å². The molecule has 2 aromatic carbocycles. The van der Waals surface area contributed by atoms with Crippen molar-refractivity contribution in [2.75, 3.05) is 34.0 Å². The molecule has 0 amide bonds. The first-order chi connectivity index (χ1) is 17.9. The van der Waals surface area contributed by atoms with Crippen molar-refractivity contribution in [1.29, 1.82) is 0 Å². The smallest absolute Gasteiger partial charge is 0.338 e. The lowest BCUT2D eigenvalue weighted by molar-refractivity contribution is 0.0526. The molecule has 12 nitrogen and oxygen atoms in total. The first-order valence-electron chi connectivity index (χ1n) is 11.2. The van der Waals surface area contributed by atoms with Crippen LogP contribution in [0.25, 0.3) is 17.0 Å². The van der Waals surface area contributed by atoms with Gasteiger partial charge in [0.2, 0.25) is 15.9 Å². The van der Waals surface area contributed by atoms with Crippen molar-refractivity contribution in [2.45, 2.75) is 11.8 Å². The number of benzene rings is 2. The highest BCUT2D eigenvalue weighted by molar-refractivity contribution is 7.89. The summed E-state index contributed by atoms with van der Waals surface area (Å²) in [5.74, 6) is 1.33. The molecule has 2 aromatic heterocycles. The summed E-state index contributed by atoms with van der Waals surface area (Å²) in [6.45, 7) is 1.93. The zero-order valence-electron chi connectivity index (χ0n) is 20.4. The fourth-order valence-corrected chi connectivity index (χ4v) is 4.41. The number of esters is 1. The van der Waals surface area contributed by atoms with Gasteiger partial charge in [0.15, 0.2) is 11.5 Å². The Morgan fingerprint density at radius 2 is 1.78 bits per heavy atom. The molecule has 37 heavy (non-hydrogen) atoms. The van der Waals surface area contributed by atoms with E-state index in [0.717, 1.165) is 0 Å². The Hall–Kier alpha value is -4.23. The highest BCUT2D eigenvalue weighted by Crippen LogP contribution is 2.32. The number of hydrogen-bond acceptors (Lipinski definition) is 10. The number of methoxy groups -OCH3 is 2. The standard InChI is InChI=1S/C24H25N5O7S/c1-4-35-24(30)16-5-8-18(9-6-16)37(31,32)25-13-14-36-22-12-11-21-26-27-23(29(21)28-22)19-10-7-17(33-2)15-20(19)34-3/h5-12,15,25H,4,13-14H2,1-3H3. The van der Waals surface area contributed by atoms with Crippen LogP contribution in [0.1, 0.15) is 17.3 Å². The largest absolute Gasteiger partial charge is 0.497 e. The molecule has 0 aliphatic carbocycles. The number of ether oxygens (including phenoxy) is 4. The first-order valence-corrected chi connectivity index (χ1v) is 12.7. The molecule has 13 heteroatoms. The fraction of sp³-hybridized carbons (Fsp3) is 0.250. The summed E-state index contributed by atoms with van der Waals surface area (Å²) in [6, 6.07) is 14.1. The molecule has 2 heterocycles. The predicted molar refractivity (Wildman–Crippen MR) is 132 cm³/mol. The Kier molecular flexibility index (Phi) is 7.84. The van der Waals surface area contributed by atoms with Gasteiger partial charge in [-0.1, -0.05) is 0 Å². The van der Waals surface area contributed by atoms with E-state index in [9.17, 15) is 13.2 Å². The van der Waals surface area contributed by atoms with E-state index in [-0.39, 0.29) is 36.1 Å². The van der Waals surface area contributed by atoms with Gasteiger partial charge in [-0.3, -0.25) is 0 Å². The summed E-state index contributed by atoms with van der Waals surface area (Å²) in [4.78, 5) is 11.8. The molecule has 4 rings (SSSR count). The van der Waals surface area contributed by atoms with Gasteiger partial charge in [-0.2, -0.15) is 4.52 Å². The maximum atomic E-state index is 12.6. The maximum Gasteiger partial charge on any atom is 0.338 e. The Morgan fingerprint density at radius 3 is 2.49 bits per heavy atom. The summed E-state index contributed by atoms with van der Waals surface area (Å²) < 4.78 is 50.3. The van der Waals surface area contributed by atoms with Gasteiger partial charge in [0.25, 0.3) is 0 Å². The van der Waals surface area contributed by atoms with E-state index in [1.165, 1.54) is 28.8 Å². The molecule has 0 saturated carbocycles. The number of rotatable bonds is 11. The van der Waals surface area contributed by atoms with E-state index in [4.69, 9.17) is 18.9 Å². The van der Waals surface area contributed by atoms with Gasteiger partial charge in [0.05, 0.1) is 36.8 Å². The van der Waals surface area contributed by atoms with Gasteiger partial charge in [-0.15, -0.1) is 15.3 Å². The van der Waals surface area contributed by atoms with Crippen LogP contribution in [0, 0.1) is 0 Å². The lowest BCUT2D eigenvalue weighted by Crippen LogP contribution is -2.28. The Balaban J connectivity index is 1.42. The Labute approximate surface area is 213 Å². The van der Waals surface area contributed by atoms with Gasteiger partial charge in [0, 0.05) is 18.7 Å². The van der Waals surface area contributed by atoms with Crippen LogP contribution in [-0.4, -0.2) is 68.2 Å². The SMILES string of the molecule is CCOC(=O)c1ccc(S(=O)(=O)NCCOc2ccc3nnc(-c4ccc(OC)cc4OC)n3n2)cc1. The second kappa shape index (κ2) is 11.2. The number of carbonyl (C=O) groups is 1. The summed E-state index contributed by atoms with van der Waals surface area (Å²) in [7, 11) is -0.699. The van der Waals surface area contributed by atoms with Crippen molar-refractivity contribution in [3.63, 3.8) is 0 Å². The number of fused-ring (bicyclic) bond motifs is 1. The fourth-order valence-electron chi connectivity index (χ4n) is 3.40. The average Bonchev–Trinajstić information content (AvgIpc) is 3.34. The summed E-state index contributed by atoms with van der Waals surface area (Å²) in [5, 5.41) is 12.8. The van der Waals surface area contributed by atoms with Crippen molar-refractivity contribution in [3.05, 3.63) is 60.2 Å². The molecule has 0 aliphatic rings. The summed E-state index contributed by atoms with van der Waals surface area (Å²) in [5.41, 5.74) is 1.42. The average molecular weight is 528 g/mol. The minimum Gasteiger partial charge on any atom is -0.497 e. The summed E-state index contributed by atoms with van der Waals surface area (Å²) in [6.07, 6.45) is 0. The molecule has 0 atom stereocenters. The maximum absolute atomic E-state index is 12.6. The minimum atomic E-state index is -3.80. The molecule has 0 radical (unpaired) electrons. The second-order valence-corrected chi connectivity index (χ2v) is 9.29. The number of nitrogens with zero attached hydrogens (tertiary/aromatic N) is 4. The van der Waals surface area contributed by atoms with Gasteiger partial charge < -0.3 is 18.9 Å². The molecule has 194 valence electrons. The quantitative estimate of drug-likeness (QED) is 0.228. The van der Waals surface area contributed by atoms with E-state index in [1.807, 2.05) is 0 Å². The van der Waals surface area contributed by atoms with Gasteiger partial charge in [0.1, 0.15) is 18.1 Å². The van der Waals surface area contributed by atoms with E-state index in [1.54, 1.807) is 51.5 Å². The van der Waals surface area contributed by atoms with Crippen molar-refractivity contribution in [1.82, 2.24) is 24.5 Å². The highest BCUT2D eigenvalue weighted by Gasteiger charge is 2.17. The summed E-state index contributed by atoms with van der Waals surface area (Å²) >= 11 is 0. The molecular formula is C24H25N5O7S. The number of carbonyl (C=O) groups excluding carboxylic acids is 1. The minimum absolute atomic E-state index is 0.0109. The van der Waals surface area contributed by atoms with Gasteiger partial charge in [-0.25, -0.2) is 17.9 Å². The number of aromatic nitrogens is 4. The van der Waals surface area contributed by atoms with Crippen molar-refractivity contribution < 1.29 is 32.2 Å². The molecule has 1 N–H and O–H groups in total. The van der Waals surface area contributed by atoms with E-state index >= 15 is 0 Å². The van der Waals surface area contributed by atoms with Crippen molar-refractivity contribution in [2.24, 2.45) is 0 Å². The van der Waals surface area contributed by atoms with Crippen molar-refractivity contribution >= 4 is 21.6 Å². The van der Waals surface area contributed by atoms with Gasteiger partial charge >= 0.3 is 5.97 Å². The third-order valence-electron chi connectivity index (χ3n) is 5.21. The molecule has 0 unspecified atom stereocenters. The van der Waals surface area contributed by atoms with Crippen LogP contribution in [0.2, 0.25) is 0 Å². The molecule has 4 aromatic rings. The lowest BCUT2D eigenvalue weighted by Gasteiger charge is -2.10. The van der Waals surface area contributed by atoms with Crippen LogP contribution in [0.4, 0.5) is 0 Å². The van der Waals surface area contributed by atoms with E-state index < -0.39 is 16.0 Å². The third kappa shape index (κ3) is 5.78. The Bertz CT molecular complexity index is 1500. The molecule has 0 aliphatic heterocycles. The number of hydrogen-bond donors (Lipinski definition) is 1. The van der Waals surface area contributed by atoms with Gasteiger partial charge in [-0.05, 0) is 49.4 Å². The predicted octanol–water partition coefficient (Wildman–Crippen LogP) is 2.34. The normalized spacial score (nSPS) is 11.3. The molecular weight excluding hydrogens is 502 g/mol. The topological polar surface area (TPSA) is 143 Å². The van der Waals surface area contributed by atoms with Crippen LogP contribution >= 0.6 is 0 Å². The van der Waals surface area contributed by atoms with Crippen LogP contribution in [-0.2, 0) is 14.8 Å². The zero-order chi connectivity index (χ0) is 26.4. The van der Waals surface area contributed by atoms with Crippen LogP contribution in [0.5, 0.6) is 17.4 Å². The lowest BCUT2D eigenvalue weighted by atomic mass is 10.2. The first kappa shape index (κ1) is 25.9. The second-order valence-electron chi connectivity index (χ2n) is 7.52. The molecule has 0 spiro atoms. The molecule has 0 fully saturated rings. The van der Waals surface area contributed by atoms with Crippen LogP contribution in [0.15, 0.2) is 59.5 Å². The van der Waals surface area contributed by atoms with Crippen LogP contribution < -0.4 is 18.9 Å². The number of sulfonamides is 1. The van der Waals surface area contributed by atoms with E-state index in [0.29, 0.717) is 28.5 Å². The molecule has 0 bridgehead atoms. The monoisotopic (exact) mass is 527 g/mol. The third-order valence-corrected chi connectivity index (χ3v) is 6.68. The van der Waals surface area contributed by atoms with E-state index in [2.05, 4.69) is 20.0 Å². The molecule has 0 saturated heterocycles. The van der Waals surface area contributed by atoms with Crippen LogP contribution in [0.3, 0.4) is 0 Å². The zero-order valence-corrected chi connectivity index (χ0v) is 21.2. The highest BCUT2D eigenvalue weighted by atomic mass is 32.2. The number of nitrogens with one attached hydrogen (secondary N) is 1.